The summed E-state index contributed by atoms with van der Waals surface area (Å²) in [5.74, 6) is 0. The van der Waals surface area contributed by atoms with Crippen LogP contribution >= 0.6 is 23.2 Å². The van der Waals surface area contributed by atoms with Crippen LogP contribution in [0.1, 0.15) is 23.1 Å². The molecule has 0 aliphatic heterocycles. The molecule has 0 unspecified atom stereocenters. The molecule has 1 heterocycles. The predicted molar refractivity (Wildman–Crippen MR) is 66.1 cm³/mol. The number of aromatic nitrogens is 3. The van der Waals surface area contributed by atoms with Gasteiger partial charge in [-0.05, 0) is 24.6 Å². The third-order valence-electron chi connectivity index (χ3n) is 2.33. The molecule has 0 spiro atoms. The second kappa shape index (κ2) is 4.85. The molecular formula is C11H9Cl2N3O. The van der Waals surface area contributed by atoms with Gasteiger partial charge in [-0.3, -0.25) is 4.79 Å². The monoisotopic (exact) mass is 269 g/mol. The van der Waals surface area contributed by atoms with Gasteiger partial charge >= 0.3 is 0 Å². The van der Waals surface area contributed by atoms with Crippen LogP contribution in [-0.2, 0) is 6.42 Å². The molecule has 0 atom stereocenters. The van der Waals surface area contributed by atoms with E-state index in [1.807, 2.05) is 6.92 Å². The first-order chi connectivity index (χ1) is 8.15. The molecule has 0 saturated carbocycles. The molecule has 88 valence electrons. The Balaban J connectivity index is 2.59. The Morgan fingerprint density at radius 2 is 1.94 bits per heavy atom. The largest absolute Gasteiger partial charge is 0.296 e. The Morgan fingerprint density at radius 1 is 1.29 bits per heavy atom. The first kappa shape index (κ1) is 12.1. The molecule has 0 amide bonds. The number of hydrogen-bond donors (Lipinski definition) is 0. The van der Waals surface area contributed by atoms with Crippen molar-refractivity contribution in [2.45, 2.75) is 13.3 Å². The number of nitrogens with zero attached hydrogens (tertiary/aromatic N) is 3. The molecule has 6 heteroatoms. The lowest BCUT2D eigenvalue weighted by Gasteiger charge is -2.05. The fraction of sp³-hybridized carbons (Fsp3) is 0.182. The highest BCUT2D eigenvalue weighted by Crippen LogP contribution is 2.22. The highest BCUT2D eigenvalue weighted by molar-refractivity contribution is 6.34. The summed E-state index contributed by atoms with van der Waals surface area (Å²) in [6.07, 6.45) is 1.33. The third-order valence-corrected chi connectivity index (χ3v) is 2.77. The molecule has 2 aromatic rings. The van der Waals surface area contributed by atoms with Crippen molar-refractivity contribution in [1.29, 1.82) is 0 Å². The maximum atomic E-state index is 10.8. The molecule has 1 aromatic heterocycles. The van der Waals surface area contributed by atoms with Crippen molar-refractivity contribution in [2.24, 2.45) is 0 Å². The van der Waals surface area contributed by atoms with Crippen LogP contribution in [0.2, 0.25) is 10.0 Å². The van der Waals surface area contributed by atoms with Gasteiger partial charge in [-0.2, -0.15) is 0 Å². The van der Waals surface area contributed by atoms with Crippen molar-refractivity contribution in [3.63, 3.8) is 0 Å². The van der Waals surface area contributed by atoms with Crippen LogP contribution in [0.25, 0.3) is 5.69 Å². The molecular weight excluding hydrogens is 261 g/mol. The zero-order valence-electron chi connectivity index (χ0n) is 9.02. The van der Waals surface area contributed by atoms with E-state index in [9.17, 15) is 4.79 Å². The van der Waals surface area contributed by atoms with Gasteiger partial charge in [0.25, 0.3) is 0 Å². The fourth-order valence-corrected chi connectivity index (χ4v) is 2.12. The van der Waals surface area contributed by atoms with Gasteiger partial charge in [0.05, 0.1) is 11.4 Å². The summed E-state index contributed by atoms with van der Waals surface area (Å²) in [4.78, 5) is 10.8. The zero-order chi connectivity index (χ0) is 12.4. The average Bonchev–Trinajstić information content (AvgIpc) is 2.70. The molecule has 2 rings (SSSR count). The number of carbonyl (C=O) groups excluding carboxylic acids is 1. The summed E-state index contributed by atoms with van der Waals surface area (Å²) in [5.41, 5.74) is 1.77. The van der Waals surface area contributed by atoms with E-state index < -0.39 is 0 Å². The first-order valence-corrected chi connectivity index (χ1v) is 5.77. The smallest absolute Gasteiger partial charge is 0.172 e. The summed E-state index contributed by atoms with van der Waals surface area (Å²) in [6.45, 7) is 1.92. The molecule has 0 saturated heterocycles. The van der Waals surface area contributed by atoms with Crippen molar-refractivity contribution < 1.29 is 4.79 Å². The third kappa shape index (κ3) is 2.33. The Labute approximate surface area is 108 Å². The number of rotatable bonds is 3. The van der Waals surface area contributed by atoms with Crippen LogP contribution in [0, 0.1) is 0 Å². The lowest BCUT2D eigenvalue weighted by Crippen LogP contribution is -2.02. The molecule has 0 aliphatic carbocycles. The Kier molecular flexibility index (Phi) is 3.45. The average molecular weight is 270 g/mol. The zero-order valence-corrected chi connectivity index (χ0v) is 10.5. The summed E-state index contributed by atoms with van der Waals surface area (Å²) >= 11 is 11.8. The topological polar surface area (TPSA) is 47.8 Å². The lowest BCUT2D eigenvalue weighted by atomic mass is 10.2. The van der Waals surface area contributed by atoms with E-state index in [4.69, 9.17) is 23.2 Å². The molecule has 1 aromatic carbocycles. The quantitative estimate of drug-likeness (QED) is 0.805. The molecule has 17 heavy (non-hydrogen) atoms. The van der Waals surface area contributed by atoms with Crippen LogP contribution in [-0.4, -0.2) is 21.3 Å². The lowest BCUT2D eigenvalue weighted by molar-refractivity contribution is 0.111. The van der Waals surface area contributed by atoms with E-state index in [2.05, 4.69) is 10.3 Å². The first-order valence-electron chi connectivity index (χ1n) is 5.02. The van der Waals surface area contributed by atoms with Crippen LogP contribution in [0.5, 0.6) is 0 Å². The van der Waals surface area contributed by atoms with Crippen molar-refractivity contribution in [3.05, 3.63) is 39.6 Å². The van der Waals surface area contributed by atoms with Crippen molar-refractivity contribution in [3.8, 4) is 5.69 Å². The standard InChI is InChI=1S/C11H9Cl2N3O/c1-2-11-10(6-17)14-15-16(11)9-4-7(12)3-8(13)5-9/h3-6H,2H2,1H3. The van der Waals surface area contributed by atoms with Gasteiger partial charge < -0.3 is 0 Å². The summed E-state index contributed by atoms with van der Waals surface area (Å²) in [6, 6.07) is 5.07. The molecule has 0 aliphatic rings. The van der Waals surface area contributed by atoms with E-state index in [0.717, 1.165) is 5.69 Å². The Morgan fingerprint density at radius 3 is 2.47 bits per heavy atom. The van der Waals surface area contributed by atoms with Crippen molar-refractivity contribution in [1.82, 2.24) is 15.0 Å². The van der Waals surface area contributed by atoms with Gasteiger partial charge in [-0.25, -0.2) is 4.68 Å². The molecule has 0 N–H and O–H groups in total. The number of halogens is 2. The van der Waals surface area contributed by atoms with Crippen molar-refractivity contribution >= 4 is 29.5 Å². The summed E-state index contributed by atoms with van der Waals surface area (Å²) in [5, 5.41) is 8.75. The van der Waals surface area contributed by atoms with Crippen LogP contribution in [0.4, 0.5) is 0 Å². The van der Waals surface area contributed by atoms with Gasteiger partial charge in [0.2, 0.25) is 0 Å². The van der Waals surface area contributed by atoms with Gasteiger partial charge in [-0.15, -0.1) is 5.10 Å². The molecule has 0 radical (unpaired) electrons. The maximum absolute atomic E-state index is 10.8. The highest BCUT2D eigenvalue weighted by Gasteiger charge is 2.12. The van der Waals surface area contributed by atoms with Gasteiger partial charge in [0.1, 0.15) is 5.69 Å². The highest BCUT2D eigenvalue weighted by atomic mass is 35.5. The SMILES string of the molecule is CCc1c(C=O)nnn1-c1cc(Cl)cc(Cl)c1. The van der Waals surface area contributed by atoms with Gasteiger partial charge in [0.15, 0.2) is 6.29 Å². The number of benzene rings is 1. The van der Waals surface area contributed by atoms with Crippen LogP contribution < -0.4 is 0 Å². The second-order valence-electron chi connectivity index (χ2n) is 3.43. The Hall–Kier alpha value is -1.39. The van der Waals surface area contributed by atoms with E-state index in [1.165, 1.54) is 0 Å². The molecule has 4 nitrogen and oxygen atoms in total. The minimum absolute atomic E-state index is 0.337. The normalized spacial score (nSPS) is 10.5. The van der Waals surface area contributed by atoms with E-state index in [-0.39, 0.29) is 0 Å². The van der Waals surface area contributed by atoms with E-state index in [1.54, 1.807) is 22.9 Å². The molecule has 0 fully saturated rings. The minimum atomic E-state index is 0.337. The van der Waals surface area contributed by atoms with Crippen LogP contribution in [0.3, 0.4) is 0 Å². The summed E-state index contributed by atoms with van der Waals surface area (Å²) < 4.78 is 1.57. The van der Waals surface area contributed by atoms with Gasteiger partial charge in [-0.1, -0.05) is 35.3 Å². The summed E-state index contributed by atoms with van der Waals surface area (Å²) in [7, 11) is 0. The van der Waals surface area contributed by atoms with Gasteiger partial charge in [0, 0.05) is 10.0 Å². The van der Waals surface area contributed by atoms with Crippen LogP contribution in [0.15, 0.2) is 18.2 Å². The minimum Gasteiger partial charge on any atom is -0.296 e. The number of carbonyl (C=O) groups is 1. The van der Waals surface area contributed by atoms with Crippen molar-refractivity contribution in [2.75, 3.05) is 0 Å². The predicted octanol–water partition coefficient (Wildman–Crippen LogP) is 2.95. The number of aldehydes is 1. The van der Waals surface area contributed by atoms with E-state index in [0.29, 0.717) is 34.1 Å². The maximum Gasteiger partial charge on any atom is 0.172 e. The molecule has 0 bridgehead atoms. The Bertz CT molecular complexity index is 546. The van der Waals surface area contributed by atoms with E-state index >= 15 is 0 Å². The second-order valence-corrected chi connectivity index (χ2v) is 4.31. The number of hydrogen-bond acceptors (Lipinski definition) is 3. The fourth-order valence-electron chi connectivity index (χ4n) is 1.60.